The molecule has 0 aliphatic heterocycles. The molecule has 0 saturated heterocycles. The molecule has 74 valence electrons. The second-order valence-corrected chi connectivity index (χ2v) is 2.41. The molecule has 14 heavy (non-hydrogen) atoms. The number of hydrogen-bond acceptors (Lipinski definition) is 1. The third kappa shape index (κ3) is 14.3. The molecule has 0 heterocycles. The molecular formula is C12H16OZr. The van der Waals surface area contributed by atoms with E-state index in [4.69, 9.17) is 0 Å². The van der Waals surface area contributed by atoms with Gasteiger partial charge in [0, 0.05) is 14.2 Å². The molecule has 0 fully saturated rings. The molecule has 2 rings (SSSR count). The van der Waals surface area contributed by atoms with Gasteiger partial charge in [-0.2, -0.15) is 12.2 Å². The van der Waals surface area contributed by atoms with Crippen molar-refractivity contribution in [3.05, 3.63) is 48.6 Å². The number of ether oxygens (including phenoxy) is 1. The van der Waals surface area contributed by atoms with Crippen LogP contribution < -0.4 is 0 Å². The van der Waals surface area contributed by atoms with E-state index in [0.29, 0.717) is 0 Å². The average Bonchev–Trinajstić information content (AvgIpc) is 2.85. The largest absolute Gasteiger partial charge is 2.00 e. The third-order valence-electron chi connectivity index (χ3n) is 1.17. The van der Waals surface area contributed by atoms with E-state index in [-0.39, 0.29) is 26.2 Å². The van der Waals surface area contributed by atoms with Crippen LogP contribution in [0.5, 0.6) is 0 Å². The van der Waals surface area contributed by atoms with Crippen molar-refractivity contribution in [2.45, 2.75) is 12.8 Å². The van der Waals surface area contributed by atoms with Crippen LogP contribution in [0.15, 0.2) is 36.5 Å². The van der Waals surface area contributed by atoms with Crippen molar-refractivity contribution in [1.82, 2.24) is 0 Å². The van der Waals surface area contributed by atoms with Crippen LogP contribution in [-0.2, 0) is 30.9 Å². The molecule has 0 atom stereocenters. The zero-order valence-electron chi connectivity index (χ0n) is 8.79. The van der Waals surface area contributed by atoms with Gasteiger partial charge in [-0.3, -0.25) is 12.2 Å². The van der Waals surface area contributed by atoms with Crippen LogP contribution in [0.1, 0.15) is 12.8 Å². The Morgan fingerprint density at radius 1 is 0.929 bits per heavy atom. The molecule has 0 bridgehead atoms. The molecule has 0 aromatic heterocycles. The van der Waals surface area contributed by atoms with E-state index in [9.17, 15) is 0 Å². The van der Waals surface area contributed by atoms with E-state index >= 15 is 0 Å². The van der Waals surface area contributed by atoms with E-state index < -0.39 is 0 Å². The molecular weight excluding hydrogens is 251 g/mol. The van der Waals surface area contributed by atoms with Gasteiger partial charge in [0.15, 0.2) is 0 Å². The van der Waals surface area contributed by atoms with Gasteiger partial charge in [-0.25, -0.2) is 24.3 Å². The van der Waals surface area contributed by atoms with Gasteiger partial charge >= 0.3 is 26.2 Å². The topological polar surface area (TPSA) is 9.23 Å². The van der Waals surface area contributed by atoms with Crippen LogP contribution in [0.25, 0.3) is 0 Å². The normalized spacial score (nSPS) is 13.9. The SMILES string of the molecule is COC.[C-]1=CC=CC1.[C-]1=CC=CC1.[Zr+2]. The fourth-order valence-electron chi connectivity index (χ4n) is 0.680. The summed E-state index contributed by atoms with van der Waals surface area (Å²) in [6.45, 7) is 0. The van der Waals surface area contributed by atoms with Crippen molar-refractivity contribution in [2.75, 3.05) is 14.2 Å². The summed E-state index contributed by atoms with van der Waals surface area (Å²) in [7, 11) is 3.25. The van der Waals surface area contributed by atoms with Gasteiger partial charge in [-0.1, -0.05) is 0 Å². The van der Waals surface area contributed by atoms with Crippen LogP contribution in [0.3, 0.4) is 0 Å². The van der Waals surface area contributed by atoms with Crippen molar-refractivity contribution in [2.24, 2.45) is 0 Å². The minimum absolute atomic E-state index is 0. The summed E-state index contributed by atoms with van der Waals surface area (Å²) in [5, 5.41) is 0. The van der Waals surface area contributed by atoms with Gasteiger partial charge < -0.3 is 4.74 Å². The van der Waals surface area contributed by atoms with E-state index in [0.717, 1.165) is 12.8 Å². The molecule has 0 radical (unpaired) electrons. The second kappa shape index (κ2) is 15.3. The molecule has 0 N–H and O–H groups in total. The standard InChI is InChI=1S/2C5H5.C2H6O.Zr/c2*1-2-4-5-3-1;1-3-2;/h2*1-3H,4H2;1-2H3;/q2*-1;;+2. The molecule has 2 heteroatoms. The van der Waals surface area contributed by atoms with Crippen LogP contribution >= 0.6 is 0 Å². The van der Waals surface area contributed by atoms with E-state index in [2.05, 4.69) is 29.0 Å². The third-order valence-corrected chi connectivity index (χ3v) is 1.17. The summed E-state index contributed by atoms with van der Waals surface area (Å²) in [4.78, 5) is 0. The van der Waals surface area contributed by atoms with Gasteiger partial charge in [0.25, 0.3) is 0 Å². The Balaban J connectivity index is 0. The maximum Gasteiger partial charge on any atom is 2.00 e. The molecule has 1 nitrogen and oxygen atoms in total. The summed E-state index contributed by atoms with van der Waals surface area (Å²) in [5.41, 5.74) is 0. The summed E-state index contributed by atoms with van der Waals surface area (Å²) in [5.74, 6) is 0. The second-order valence-electron chi connectivity index (χ2n) is 2.41. The fourth-order valence-corrected chi connectivity index (χ4v) is 0.680. The van der Waals surface area contributed by atoms with Crippen LogP contribution in [0, 0.1) is 12.2 Å². The maximum atomic E-state index is 4.25. The first kappa shape index (κ1) is 16.2. The van der Waals surface area contributed by atoms with Crippen molar-refractivity contribution in [3.63, 3.8) is 0 Å². The summed E-state index contributed by atoms with van der Waals surface area (Å²) >= 11 is 0. The Kier molecular flexibility index (Phi) is 17.7. The van der Waals surface area contributed by atoms with Crippen LogP contribution in [0.2, 0.25) is 0 Å². The minimum Gasteiger partial charge on any atom is -0.388 e. The van der Waals surface area contributed by atoms with Crippen LogP contribution in [-0.4, -0.2) is 14.2 Å². The fraction of sp³-hybridized carbons (Fsp3) is 0.333. The number of allylic oxidation sites excluding steroid dienone is 8. The van der Waals surface area contributed by atoms with Crippen LogP contribution in [0.4, 0.5) is 0 Å². The molecule has 0 unspecified atom stereocenters. The van der Waals surface area contributed by atoms with E-state index in [1.165, 1.54) is 0 Å². The molecule has 0 spiro atoms. The minimum atomic E-state index is 0. The first-order valence-electron chi connectivity index (χ1n) is 4.25. The van der Waals surface area contributed by atoms with E-state index in [1.54, 1.807) is 14.2 Å². The molecule has 2 aliphatic rings. The number of hydrogen-bond donors (Lipinski definition) is 0. The quantitative estimate of drug-likeness (QED) is 0.613. The van der Waals surface area contributed by atoms with Gasteiger partial charge in [0.05, 0.1) is 0 Å². The Morgan fingerprint density at radius 2 is 1.29 bits per heavy atom. The summed E-state index contributed by atoms with van der Waals surface area (Å²) < 4.78 is 4.25. The molecule has 0 saturated carbocycles. The predicted molar refractivity (Wildman–Crippen MR) is 56.1 cm³/mol. The summed E-state index contributed by atoms with van der Waals surface area (Å²) in [6.07, 6.45) is 20.0. The monoisotopic (exact) mass is 266 g/mol. The van der Waals surface area contributed by atoms with Gasteiger partial charge in [0.2, 0.25) is 0 Å². The molecule has 0 aromatic rings. The Bertz CT molecular complexity index is 160. The first-order chi connectivity index (χ1) is 6.41. The Labute approximate surface area is 106 Å². The molecule has 0 amide bonds. The smallest absolute Gasteiger partial charge is 0.388 e. The Morgan fingerprint density at radius 3 is 1.36 bits per heavy atom. The first-order valence-corrected chi connectivity index (χ1v) is 4.25. The van der Waals surface area contributed by atoms with Crippen molar-refractivity contribution in [1.29, 1.82) is 0 Å². The van der Waals surface area contributed by atoms with E-state index in [1.807, 2.05) is 24.3 Å². The zero-order chi connectivity index (χ0) is 9.78. The van der Waals surface area contributed by atoms with Gasteiger partial charge in [-0.15, -0.1) is 12.8 Å². The number of rotatable bonds is 0. The predicted octanol–water partition coefficient (Wildman–Crippen LogP) is 2.87. The molecule has 2 aliphatic carbocycles. The molecule has 0 aromatic carbocycles. The average molecular weight is 267 g/mol. The number of methoxy groups -OCH3 is 1. The van der Waals surface area contributed by atoms with Crippen molar-refractivity contribution in [3.8, 4) is 0 Å². The summed E-state index contributed by atoms with van der Waals surface area (Å²) in [6, 6.07) is 0. The van der Waals surface area contributed by atoms with Crippen molar-refractivity contribution < 1.29 is 30.9 Å². The maximum absolute atomic E-state index is 4.25. The van der Waals surface area contributed by atoms with Gasteiger partial charge in [0.1, 0.15) is 0 Å². The van der Waals surface area contributed by atoms with Crippen molar-refractivity contribution >= 4 is 0 Å². The zero-order valence-corrected chi connectivity index (χ0v) is 11.2. The van der Waals surface area contributed by atoms with Gasteiger partial charge in [-0.05, 0) is 0 Å². The Hall–Kier alpha value is -0.197.